The molecular formula is C19H13FN6O2S. The quantitative estimate of drug-likeness (QED) is 0.422. The molecule has 0 fully saturated rings. The average molecular weight is 408 g/mol. The van der Waals surface area contributed by atoms with Gasteiger partial charge in [0.05, 0.1) is 16.7 Å². The molecule has 0 atom stereocenters. The van der Waals surface area contributed by atoms with Crippen LogP contribution >= 0.6 is 11.8 Å². The van der Waals surface area contributed by atoms with Gasteiger partial charge in [0.2, 0.25) is 17.5 Å². The maximum atomic E-state index is 13.1. The van der Waals surface area contributed by atoms with E-state index in [1.807, 2.05) is 22.6 Å². The van der Waals surface area contributed by atoms with Crippen LogP contribution in [0.2, 0.25) is 0 Å². The van der Waals surface area contributed by atoms with Crippen LogP contribution in [0.25, 0.3) is 28.1 Å². The van der Waals surface area contributed by atoms with E-state index in [4.69, 9.17) is 4.52 Å². The molecule has 0 aliphatic rings. The Hall–Kier alpha value is -3.53. The van der Waals surface area contributed by atoms with E-state index in [9.17, 15) is 9.18 Å². The molecule has 0 spiro atoms. The molecule has 5 rings (SSSR count). The Balaban J connectivity index is 1.48. The second kappa shape index (κ2) is 6.82. The van der Waals surface area contributed by atoms with E-state index in [0.717, 1.165) is 5.52 Å². The lowest BCUT2D eigenvalue weighted by atomic mass is 10.2. The number of halogens is 1. The van der Waals surface area contributed by atoms with Gasteiger partial charge in [-0.05, 0) is 36.4 Å². The van der Waals surface area contributed by atoms with Crippen LogP contribution in [-0.2, 0) is 12.8 Å². The Labute approximate surface area is 167 Å². The first-order valence-corrected chi connectivity index (χ1v) is 9.64. The van der Waals surface area contributed by atoms with E-state index in [1.165, 1.54) is 28.5 Å². The third kappa shape index (κ3) is 2.97. The number of aromatic nitrogens is 6. The number of aryl methyl sites for hydroxylation is 1. The molecule has 0 saturated heterocycles. The Morgan fingerprint density at radius 2 is 1.90 bits per heavy atom. The lowest BCUT2D eigenvalue weighted by Gasteiger charge is -2.06. The summed E-state index contributed by atoms with van der Waals surface area (Å²) in [5.41, 5.74) is 1.27. The van der Waals surface area contributed by atoms with Crippen molar-refractivity contribution in [3.63, 3.8) is 0 Å². The van der Waals surface area contributed by atoms with Gasteiger partial charge in [-0.1, -0.05) is 29.1 Å². The molecule has 144 valence electrons. The van der Waals surface area contributed by atoms with E-state index in [0.29, 0.717) is 39.4 Å². The number of rotatable bonds is 4. The molecule has 3 heterocycles. The van der Waals surface area contributed by atoms with Gasteiger partial charge in [0.25, 0.3) is 5.56 Å². The Kier molecular flexibility index (Phi) is 4.13. The van der Waals surface area contributed by atoms with Crippen LogP contribution in [-0.4, -0.2) is 29.3 Å². The van der Waals surface area contributed by atoms with Crippen molar-refractivity contribution in [3.05, 3.63) is 70.6 Å². The highest BCUT2D eigenvalue weighted by molar-refractivity contribution is 7.98. The van der Waals surface area contributed by atoms with E-state index in [1.54, 1.807) is 25.2 Å². The van der Waals surface area contributed by atoms with Gasteiger partial charge in [-0.3, -0.25) is 13.8 Å². The molecule has 29 heavy (non-hydrogen) atoms. The summed E-state index contributed by atoms with van der Waals surface area (Å²) in [6.45, 7) is 0. The van der Waals surface area contributed by atoms with Crippen LogP contribution in [0.15, 0.2) is 63.0 Å². The highest BCUT2D eigenvalue weighted by Crippen LogP contribution is 2.25. The predicted molar refractivity (Wildman–Crippen MR) is 105 cm³/mol. The molecule has 3 aromatic heterocycles. The molecule has 0 radical (unpaired) electrons. The van der Waals surface area contributed by atoms with Gasteiger partial charge in [-0.15, -0.1) is 10.2 Å². The molecule has 0 aliphatic heterocycles. The third-order valence-corrected chi connectivity index (χ3v) is 5.41. The zero-order valence-electron chi connectivity index (χ0n) is 15.1. The molecule has 0 unspecified atom stereocenters. The predicted octanol–water partition coefficient (Wildman–Crippen LogP) is 3.06. The van der Waals surface area contributed by atoms with Crippen LogP contribution in [0.1, 0.15) is 5.89 Å². The SMILES string of the molecule is Cn1c(=O)c2ccccc2n2c(SCc3nc(-c4ccc(F)cc4)no3)nnc12. The molecule has 10 heteroatoms. The lowest BCUT2D eigenvalue weighted by molar-refractivity contribution is 0.391. The topological polar surface area (TPSA) is 91.1 Å². The van der Waals surface area contributed by atoms with E-state index in [-0.39, 0.29) is 11.4 Å². The van der Waals surface area contributed by atoms with Crippen LogP contribution in [0.3, 0.4) is 0 Å². The van der Waals surface area contributed by atoms with Crippen LogP contribution < -0.4 is 5.56 Å². The molecule has 2 aromatic carbocycles. The summed E-state index contributed by atoms with van der Waals surface area (Å²) in [7, 11) is 1.67. The van der Waals surface area contributed by atoms with Crippen molar-refractivity contribution < 1.29 is 8.91 Å². The third-order valence-electron chi connectivity index (χ3n) is 4.49. The van der Waals surface area contributed by atoms with Gasteiger partial charge in [0.1, 0.15) is 5.82 Å². The van der Waals surface area contributed by atoms with Crippen LogP contribution in [0, 0.1) is 5.82 Å². The molecule has 0 N–H and O–H groups in total. The second-order valence-electron chi connectivity index (χ2n) is 6.31. The van der Waals surface area contributed by atoms with Crippen molar-refractivity contribution in [2.75, 3.05) is 0 Å². The fourth-order valence-electron chi connectivity index (χ4n) is 3.06. The minimum Gasteiger partial charge on any atom is -0.338 e. The monoisotopic (exact) mass is 408 g/mol. The standard InChI is InChI=1S/C19H13FN6O2S/c1-25-17(27)13-4-2-3-5-14(13)26-18(25)22-23-19(26)29-10-15-21-16(24-28-15)11-6-8-12(20)9-7-11/h2-9H,10H2,1H3. The highest BCUT2D eigenvalue weighted by atomic mass is 32.2. The highest BCUT2D eigenvalue weighted by Gasteiger charge is 2.16. The van der Waals surface area contributed by atoms with Crippen molar-refractivity contribution in [3.8, 4) is 11.4 Å². The van der Waals surface area contributed by atoms with Crippen molar-refractivity contribution in [2.45, 2.75) is 10.9 Å². The number of nitrogens with zero attached hydrogens (tertiary/aromatic N) is 6. The molecule has 0 saturated carbocycles. The fourth-order valence-corrected chi connectivity index (χ4v) is 3.84. The van der Waals surface area contributed by atoms with E-state index in [2.05, 4.69) is 20.3 Å². The van der Waals surface area contributed by atoms with Crippen molar-refractivity contribution in [1.29, 1.82) is 0 Å². The van der Waals surface area contributed by atoms with Crippen molar-refractivity contribution >= 4 is 28.4 Å². The van der Waals surface area contributed by atoms with Gasteiger partial charge >= 0.3 is 0 Å². The largest absolute Gasteiger partial charge is 0.338 e. The van der Waals surface area contributed by atoms with Gasteiger partial charge in [0, 0.05) is 12.6 Å². The number of para-hydroxylation sites is 1. The van der Waals surface area contributed by atoms with E-state index >= 15 is 0 Å². The first kappa shape index (κ1) is 17.6. The van der Waals surface area contributed by atoms with Crippen LogP contribution in [0.4, 0.5) is 4.39 Å². The molecule has 0 amide bonds. The minimum atomic E-state index is -0.326. The second-order valence-corrected chi connectivity index (χ2v) is 7.25. The lowest BCUT2D eigenvalue weighted by Crippen LogP contribution is -2.20. The first-order chi connectivity index (χ1) is 14.1. The Morgan fingerprint density at radius 3 is 2.72 bits per heavy atom. The summed E-state index contributed by atoms with van der Waals surface area (Å²) in [5.74, 6) is 1.29. The fraction of sp³-hybridized carbons (Fsp3) is 0.105. The summed E-state index contributed by atoms with van der Waals surface area (Å²) in [6, 6.07) is 13.2. The average Bonchev–Trinajstić information content (AvgIpc) is 3.38. The van der Waals surface area contributed by atoms with Gasteiger partial charge < -0.3 is 4.52 Å². The number of benzene rings is 2. The number of hydrogen-bond acceptors (Lipinski definition) is 7. The number of thioether (sulfide) groups is 1. The summed E-state index contributed by atoms with van der Waals surface area (Å²) in [5, 5.41) is 13.5. The maximum Gasteiger partial charge on any atom is 0.262 e. The maximum absolute atomic E-state index is 13.1. The minimum absolute atomic E-state index is 0.127. The van der Waals surface area contributed by atoms with E-state index < -0.39 is 0 Å². The van der Waals surface area contributed by atoms with Crippen molar-refractivity contribution in [1.82, 2.24) is 29.3 Å². The molecule has 0 bridgehead atoms. The Morgan fingerprint density at radius 1 is 1.10 bits per heavy atom. The number of fused-ring (bicyclic) bond motifs is 3. The number of hydrogen-bond donors (Lipinski definition) is 0. The van der Waals surface area contributed by atoms with Crippen molar-refractivity contribution in [2.24, 2.45) is 7.05 Å². The summed E-state index contributed by atoms with van der Waals surface area (Å²) in [4.78, 5) is 16.9. The Bertz CT molecular complexity index is 1410. The zero-order chi connectivity index (χ0) is 20.0. The summed E-state index contributed by atoms with van der Waals surface area (Å²) < 4.78 is 21.7. The van der Waals surface area contributed by atoms with Gasteiger partial charge in [0.15, 0.2) is 5.16 Å². The molecule has 8 nitrogen and oxygen atoms in total. The molecule has 0 aliphatic carbocycles. The first-order valence-electron chi connectivity index (χ1n) is 8.66. The van der Waals surface area contributed by atoms with Crippen LogP contribution in [0.5, 0.6) is 0 Å². The summed E-state index contributed by atoms with van der Waals surface area (Å²) >= 11 is 1.37. The van der Waals surface area contributed by atoms with Gasteiger partial charge in [-0.25, -0.2) is 4.39 Å². The molecule has 5 aromatic rings. The molecular weight excluding hydrogens is 395 g/mol. The zero-order valence-corrected chi connectivity index (χ0v) is 15.9. The van der Waals surface area contributed by atoms with Gasteiger partial charge in [-0.2, -0.15) is 4.98 Å². The normalized spacial score (nSPS) is 11.5. The summed E-state index contributed by atoms with van der Waals surface area (Å²) in [6.07, 6.45) is 0. The smallest absolute Gasteiger partial charge is 0.262 e.